The molecule has 1 heterocycles. The second-order valence-electron chi connectivity index (χ2n) is 6.99. The van der Waals surface area contributed by atoms with Gasteiger partial charge >= 0.3 is 17.8 Å². The maximum absolute atomic E-state index is 13.2. The third-order valence-electron chi connectivity index (χ3n) is 4.94. The maximum atomic E-state index is 13.2. The van der Waals surface area contributed by atoms with Crippen LogP contribution in [0.15, 0.2) is 53.7 Å². The molecule has 174 valence electrons. The summed E-state index contributed by atoms with van der Waals surface area (Å²) in [6.45, 7) is 3.09. The number of rotatable bonds is 5. The number of aromatic hydroxyl groups is 1. The molecule has 2 N–H and O–H groups in total. The lowest BCUT2D eigenvalue weighted by atomic mass is 9.94. The number of carbonyl (C=O) groups is 1. The summed E-state index contributed by atoms with van der Waals surface area (Å²) in [6, 6.07) is 6.99. The number of alkyl halides is 3. The maximum Gasteiger partial charge on any atom is 0.416 e. The number of thiocarbonyl (C=S) groups is 1. The summed E-state index contributed by atoms with van der Waals surface area (Å²) in [5, 5.41) is 23.8. The first-order valence-corrected chi connectivity index (χ1v) is 9.99. The van der Waals surface area contributed by atoms with E-state index in [-0.39, 0.29) is 34.2 Å². The van der Waals surface area contributed by atoms with Gasteiger partial charge in [-0.2, -0.15) is 13.2 Å². The fourth-order valence-electron chi connectivity index (χ4n) is 3.46. The molecule has 0 saturated heterocycles. The summed E-state index contributed by atoms with van der Waals surface area (Å²) in [5.41, 5.74) is -0.990. The molecule has 3 rings (SSSR count). The Kier molecular flexibility index (Phi) is 6.58. The highest BCUT2D eigenvalue weighted by Gasteiger charge is 2.37. The lowest BCUT2D eigenvalue weighted by Crippen LogP contribution is -2.48. The molecular formula is C21H18F3N3O5S. The highest BCUT2D eigenvalue weighted by Crippen LogP contribution is 2.38. The summed E-state index contributed by atoms with van der Waals surface area (Å²) >= 11 is 5.38. The van der Waals surface area contributed by atoms with Gasteiger partial charge in [0.1, 0.15) is 0 Å². The Hall–Kier alpha value is -3.67. The molecule has 0 bridgehead atoms. The minimum absolute atomic E-state index is 0.00264. The number of nitro groups is 1. The van der Waals surface area contributed by atoms with Gasteiger partial charge < -0.3 is 15.2 Å². The molecular weight excluding hydrogens is 463 g/mol. The number of benzene rings is 2. The van der Waals surface area contributed by atoms with E-state index in [4.69, 9.17) is 17.0 Å². The normalized spacial score (nSPS) is 16.5. The summed E-state index contributed by atoms with van der Waals surface area (Å²) in [7, 11) is 0. The van der Waals surface area contributed by atoms with Crippen molar-refractivity contribution < 1.29 is 32.7 Å². The fourth-order valence-corrected chi connectivity index (χ4v) is 3.82. The van der Waals surface area contributed by atoms with Gasteiger partial charge in [0.2, 0.25) is 0 Å². The molecule has 8 nitrogen and oxygen atoms in total. The van der Waals surface area contributed by atoms with E-state index in [1.165, 1.54) is 30.0 Å². The Bertz CT molecular complexity index is 1170. The second kappa shape index (κ2) is 9.06. The van der Waals surface area contributed by atoms with Crippen molar-refractivity contribution in [2.45, 2.75) is 26.1 Å². The number of hydrogen-bond donors (Lipinski definition) is 2. The van der Waals surface area contributed by atoms with Crippen LogP contribution in [0, 0.1) is 10.1 Å². The predicted molar refractivity (Wildman–Crippen MR) is 116 cm³/mol. The molecule has 1 atom stereocenters. The number of halogens is 3. The lowest BCUT2D eigenvalue weighted by Gasteiger charge is -2.37. The number of nitrogens with zero attached hydrogens (tertiary/aromatic N) is 2. The fraction of sp³-hybridized carbons (Fsp3) is 0.238. The molecule has 0 amide bonds. The van der Waals surface area contributed by atoms with Crippen LogP contribution in [0.4, 0.5) is 24.5 Å². The summed E-state index contributed by atoms with van der Waals surface area (Å²) in [5.74, 6) is -1.34. The van der Waals surface area contributed by atoms with E-state index < -0.39 is 40.1 Å². The van der Waals surface area contributed by atoms with Crippen molar-refractivity contribution >= 4 is 34.7 Å². The van der Waals surface area contributed by atoms with E-state index in [0.29, 0.717) is 0 Å². The third-order valence-corrected chi connectivity index (χ3v) is 5.24. The lowest BCUT2D eigenvalue weighted by molar-refractivity contribution is -0.385. The standard InChI is InChI=1S/C21H18F3N3O5S/c1-3-32-19(29)17-11(2)26(14-6-4-5-13(10-14)21(22,23)24)20(33)25-18(17)12-7-8-16(28)15(9-12)27(30)31/h4-10,18,28H,3H2,1-2H3,(H,25,33). The molecule has 1 unspecified atom stereocenters. The Morgan fingerprint density at radius 1 is 1.30 bits per heavy atom. The first kappa shape index (κ1) is 24.0. The zero-order valence-electron chi connectivity index (χ0n) is 17.3. The Morgan fingerprint density at radius 2 is 2.00 bits per heavy atom. The molecule has 0 fully saturated rings. The zero-order valence-corrected chi connectivity index (χ0v) is 18.2. The van der Waals surface area contributed by atoms with Crippen LogP contribution in [-0.4, -0.2) is 27.7 Å². The van der Waals surface area contributed by atoms with Crippen molar-refractivity contribution in [2.75, 3.05) is 11.5 Å². The van der Waals surface area contributed by atoms with Gasteiger partial charge in [-0.3, -0.25) is 15.0 Å². The quantitative estimate of drug-likeness (QED) is 0.277. The van der Waals surface area contributed by atoms with E-state index in [2.05, 4.69) is 5.32 Å². The highest BCUT2D eigenvalue weighted by atomic mass is 32.1. The molecule has 2 aromatic rings. The van der Waals surface area contributed by atoms with Gasteiger partial charge in [-0.25, -0.2) is 4.79 Å². The molecule has 1 aliphatic heterocycles. The minimum atomic E-state index is -4.59. The van der Waals surface area contributed by atoms with Crippen LogP contribution in [0.5, 0.6) is 5.75 Å². The number of ether oxygens (including phenoxy) is 1. The molecule has 33 heavy (non-hydrogen) atoms. The number of nitro benzene ring substituents is 1. The molecule has 1 aliphatic rings. The predicted octanol–water partition coefficient (Wildman–Crippen LogP) is 4.59. The average molecular weight is 481 g/mol. The van der Waals surface area contributed by atoms with Crippen LogP contribution in [0.1, 0.15) is 31.0 Å². The van der Waals surface area contributed by atoms with Crippen molar-refractivity contribution in [3.63, 3.8) is 0 Å². The third kappa shape index (κ3) is 4.75. The first-order chi connectivity index (χ1) is 15.5. The Balaban J connectivity index is 2.18. The molecule has 0 saturated carbocycles. The smallest absolute Gasteiger partial charge is 0.416 e. The van der Waals surface area contributed by atoms with Crippen LogP contribution >= 0.6 is 12.2 Å². The van der Waals surface area contributed by atoms with Gasteiger partial charge in [0.25, 0.3) is 0 Å². The van der Waals surface area contributed by atoms with Crippen molar-refractivity contribution in [2.24, 2.45) is 0 Å². The largest absolute Gasteiger partial charge is 0.502 e. The minimum Gasteiger partial charge on any atom is -0.502 e. The molecule has 0 aliphatic carbocycles. The van der Waals surface area contributed by atoms with Gasteiger partial charge in [-0.1, -0.05) is 12.1 Å². The molecule has 2 aromatic carbocycles. The van der Waals surface area contributed by atoms with Crippen LogP contribution in [-0.2, 0) is 15.7 Å². The summed E-state index contributed by atoms with van der Waals surface area (Å²) < 4.78 is 44.8. The van der Waals surface area contributed by atoms with Crippen LogP contribution in [0.25, 0.3) is 0 Å². The van der Waals surface area contributed by atoms with Gasteiger partial charge in [0.15, 0.2) is 10.9 Å². The highest BCUT2D eigenvalue weighted by molar-refractivity contribution is 7.80. The van der Waals surface area contributed by atoms with E-state index in [1.807, 2.05) is 0 Å². The van der Waals surface area contributed by atoms with Crippen LogP contribution < -0.4 is 10.2 Å². The van der Waals surface area contributed by atoms with Crippen molar-refractivity contribution in [3.05, 3.63) is 75.0 Å². The van der Waals surface area contributed by atoms with Crippen molar-refractivity contribution in [3.8, 4) is 5.75 Å². The van der Waals surface area contributed by atoms with Crippen molar-refractivity contribution in [1.29, 1.82) is 0 Å². The summed E-state index contributed by atoms with van der Waals surface area (Å²) in [6.07, 6.45) is -4.59. The van der Waals surface area contributed by atoms with E-state index in [1.54, 1.807) is 6.92 Å². The second-order valence-corrected chi connectivity index (χ2v) is 7.38. The van der Waals surface area contributed by atoms with Gasteiger partial charge in [0, 0.05) is 17.5 Å². The van der Waals surface area contributed by atoms with E-state index >= 15 is 0 Å². The van der Waals surface area contributed by atoms with Gasteiger partial charge in [0.05, 0.1) is 28.7 Å². The number of carbonyl (C=O) groups excluding carboxylic acids is 1. The monoisotopic (exact) mass is 481 g/mol. The molecule has 0 radical (unpaired) electrons. The number of anilines is 1. The molecule has 0 aromatic heterocycles. The summed E-state index contributed by atoms with van der Waals surface area (Å²) in [4.78, 5) is 24.6. The SMILES string of the molecule is CCOC(=O)C1=C(C)N(c2cccc(C(F)(F)F)c2)C(=S)NC1c1ccc(O)c([N+](=O)[O-])c1. The van der Waals surface area contributed by atoms with Gasteiger partial charge in [-0.15, -0.1) is 0 Å². The van der Waals surface area contributed by atoms with Crippen molar-refractivity contribution in [1.82, 2.24) is 5.32 Å². The number of phenolic OH excluding ortho intramolecular Hbond substituents is 1. The molecule has 12 heteroatoms. The van der Waals surface area contributed by atoms with E-state index in [0.717, 1.165) is 24.3 Å². The van der Waals surface area contributed by atoms with Crippen LogP contribution in [0.3, 0.4) is 0 Å². The number of allylic oxidation sites excluding steroid dienone is 1. The Morgan fingerprint density at radius 3 is 2.61 bits per heavy atom. The van der Waals surface area contributed by atoms with Gasteiger partial charge in [-0.05, 0) is 55.9 Å². The van der Waals surface area contributed by atoms with Crippen LogP contribution in [0.2, 0.25) is 0 Å². The zero-order chi connectivity index (χ0) is 24.5. The van der Waals surface area contributed by atoms with E-state index in [9.17, 15) is 33.2 Å². The first-order valence-electron chi connectivity index (χ1n) is 9.58. The Labute approximate surface area is 191 Å². The average Bonchev–Trinajstić information content (AvgIpc) is 2.73. The number of hydrogen-bond acceptors (Lipinski definition) is 6. The number of esters is 1. The topological polar surface area (TPSA) is 105 Å². The molecule has 0 spiro atoms. The number of phenols is 1. The number of nitrogens with one attached hydrogen (secondary N) is 1.